The third kappa shape index (κ3) is 3.78. The number of hydrogen-bond donors (Lipinski definition) is 2. The highest BCUT2D eigenvalue weighted by Gasteiger charge is 2.09. The van der Waals surface area contributed by atoms with Crippen LogP contribution < -0.4 is 0 Å². The van der Waals surface area contributed by atoms with E-state index in [4.69, 9.17) is 16.7 Å². The Hall–Kier alpha value is -0.640. The minimum Gasteiger partial charge on any atom is -0.396 e. The molecule has 0 aliphatic heterocycles. The molecule has 1 rings (SSSR count). The molecule has 84 valence electrons. The zero-order chi connectivity index (χ0) is 11.3. The van der Waals surface area contributed by atoms with Crippen LogP contribution in [0.1, 0.15) is 30.9 Å². The Morgan fingerprint density at radius 3 is 2.67 bits per heavy atom. The summed E-state index contributed by atoms with van der Waals surface area (Å²) in [5.41, 5.74) is 0.610. The van der Waals surface area contributed by atoms with E-state index >= 15 is 0 Å². The van der Waals surface area contributed by atoms with Gasteiger partial charge in [-0.15, -0.1) is 0 Å². The maximum Gasteiger partial charge on any atom is 0.141 e. The van der Waals surface area contributed by atoms with Crippen LogP contribution >= 0.6 is 11.6 Å². The summed E-state index contributed by atoms with van der Waals surface area (Å²) in [4.78, 5) is 0. The van der Waals surface area contributed by atoms with Crippen LogP contribution in [0.3, 0.4) is 0 Å². The molecule has 0 fully saturated rings. The topological polar surface area (TPSA) is 40.5 Å². The molecule has 0 saturated heterocycles. The average molecular weight is 233 g/mol. The molecule has 0 amide bonds. The summed E-state index contributed by atoms with van der Waals surface area (Å²) >= 11 is 5.59. The Kier molecular flexibility index (Phi) is 5.02. The van der Waals surface area contributed by atoms with Crippen LogP contribution in [0, 0.1) is 5.82 Å². The highest BCUT2D eigenvalue weighted by molar-refractivity contribution is 6.30. The summed E-state index contributed by atoms with van der Waals surface area (Å²) in [5.74, 6) is -0.483. The smallest absolute Gasteiger partial charge is 0.141 e. The van der Waals surface area contributed by atoms with E-state index in [1.165, 1.54) is 18.2 Å². The van der Waals surface area contributed by atoms with Crippen LogP contribution in [0.4, 0.5) is 4.39 Å². The lowest BCUT2D eigenvalue weighted by atomic mass is 10.0. The molecule has 0 aliphatic carbocycles. The predicted octanol–water partition coefficient (Wildman–Crippen LogP) is 2.68. The maximum atomic E-state index is 12.8. The second kappa shape index (κ2) is 6.05. The molecular weight excluding hydrogens is 219 g/mol. The van der Waals surface area contributed by atoms with Gasteiger partial charge in [0.05, 0.1) is 11.1 Å². The third-order valence-electron chi connectivity index (χ3n) is 2.21. The summed E-state index contributed by atoms with van der Waals surface area (Å²) in [6.45, 7) is 0.122. The largest absolute Gasteiger partial charge is 0.396 e. The number of benzene rings is 1. The van der Waals surface area contributed by atoms with Crippen LogP contribution in [0.5, 0.6) is 0 Å². The van der Waals surface area contributed by atoms with Crippen molar-refractivity contribution in [3.8, 4) is 0 Å². The maximum absolute atomic E-state index is 12.8. The average Bonchev–Trinajstić information content (AvgIpc) is 2.22. The van der Waals surface area contributed by atoms with Gasteiger partial charge in [0.15, 0.2) is 0 Å². The van der Waals surface area contributed by atoms with Gasteiger partial charge in [0, 0.05) is 6.61 Å². The second-order valence-electron chi connectivity index (χ2n) is 3.41. The zero-order valence-electron chi connectivity index (χ0n) is 8.29. The molecule has 0 radical (unpaired) electrons. The minimum absolute atomic E-state index is 0.0220. The van der Waals surface area contributed by atoms with Gasteiger partial charge in [-0.05, 0) is 37.0 Å². The highest BCUT2D eigenvalue weighted by atomic mass is 35.5. The molecule has 0 aliphatic rings. The van der Waals surface area contributed by atoms with Crippen LogP contribution in [0.15, 0.2) is 18.2 Å². The number of unbranched alkanes of at least 4 members (excludes halogenated alkanes) is 1. The second-order valence-corrected chi connectivity index (χ2v) is 3.82. The van der Waals surface area contributed by atoms with Gasteiger partial charge in [0.1, 0.15) is 5.82 Å². The molecule has 15 heavy (non-hydrogen) atoms. The van der Waals surface area contributed by atoms with E-state index in [2.05, 4.69) is 0 Å². The Labute approximate surface area is 93.3 Å². The SMILES string of the molecule is OCCCCC(O)c1ccc(F)c(Cl)c1. The van der Waals surface area contributed by atoms with E-state index in [1.54, 1.807) is 0 Å². The quantitative estimate of drug-likeness (QED) is 0.767. The molecular formula is C11H14ClFO2. The number of aliphatic hydroxyl groups is 2. The fraction of sp³-hybridized carbons (Fsp3) is 0.455. The van der Waals surface area contributed by atoms with Gasteiger partial charge in [-0.3, -0.25) is 0 Å². The summed E-state index contributed by atoms with van der Waals surface area (Å²) in [6, 6.07) is 4.19. The Morgan fingerprint density at radius 1 is 1.33 bits per heavy atom. The van der Waals surface area contributed by atoms with Crippen molar-refractivity contribution in [3.63, 3.8) is 0 Å². The first-order valence-corrected chi connectivity index (χ1v) is 5.27. The summed E-state index contributed by atoms with van der Waals surface area (Å²) < 4.78 is 12.8. The summed E-state index contributed by atoms with van der Waals surface area (Å²) in [5, 5.41) is 18.3. The van der Waals surface area contributed by atoms with E-state index in [9.17, 15) is 9.50 Å². The molecule has 2 N–H and O–H groups in total. The van der Waals surface area contributed by atoms with Gasteiger partial charge in [-0.2, -0.15) is 0 Å². The highest BCUT2D eigenvalue weighted by Crippen LogP contribution is 2.23. The molecule has 1 unspecified atom stereocenters. The van der Waals surface area contributed by atoms with Crippen LogP contribution in [-0.2, 0) is 0 Å². The molecule has 0 heterocycles. The normalized spacial score (nSPS) is 12.8. The first-order valence-electron chi connectivity index (χ1n) is 4.89. The molecule has 4 heteroatoms. The fourth-order valence-corrected chi connectivity index (χ4v) is 1.52. The van der Waals surface area contributed by atoms with Gasteiger partial charge in [-0.25, -0.2) is 4.39 Å². The van der Waals surface area contributed by atoms with Crippen LogP contribution in [0.2, 0.25) is 5.02 Å². The standard InChI is InChI=1S/C11H14ClFO2/c12-9-7-8(4-5-10(9)13)11(15)3-1-2-6-14/h4-5,7,11,14-15H,1-3,6H2. The number of halogens is 2. The zero-order valence-corrected chi connectivity index (χ0v) is 9.04. The molecule has 0 saturated carbocycles. The lowest BCUT2D eigenvalue weighted by Gasteiger charge is -2.10. The molecule has 0 spiro atoms. The third-order valence-corrected chi connectivity index (χ3v) is 2.50. The molecule has 0 bridgehead atoms. The van der Waals surface area contributed by atoms with Crippen molar-refractivity contribution in [1.29, 1.82) is 0 Å². The van der Waals surface area contributed by atoms with Gasteiger partial charge < -0.3 is 10.2 Å². The van der Waals surface area contributed by atoms with Gasteiger partial charge >= 0.3 is 0 Å². The van der Waals surface area contributed by atoms with E-state index in [0.717, 1.165) is 6.42 Å². The molecule has 1 atom stereocenters. The van der Waals surface area contributed by atoms with Gasteiger partial charge in [0.2, 0.25) is 0 Å². The molecule has 2 nitrogen and oxygen atoms in total. The summed E-state index contributed by atoms with van der Waals surface area (Å²) in [6.07, 6.45) is 1.29. The van der Waals surface area contributed by atoms with E-state index in [-0.39, 0.29) is 11.6 Å². The fourth-order valence-electron chi connectivity index (χ4n) is 1.34. The summed E-state index contributed by atoms with van der Waals surface area (Å²) in [7, 11) is 0. The Bertz CT molecular complexity index is 317. The molecule has 1 aromatic carbocycles. The van der Waals surface area contributed by atoms with Gasteiger partial charge in [0.25, 0.3) is 0 Å². The number of hydrogen-bond acceptors (Lipinski definition) is 2. The van der Waals surface area contributed by atoms with Crippen molar-refractivity contribution in [2.24, 2.45) is 0 Å². The van der Waals surface area contributed by atoms with E-state index < -0.39 is 11.9 Å². The molecule has 1 aromatic rings. The lowest BCUT2D eigenvalue weighted by Crippen LogP contribution is -1.98. The van der Waals surface area contributed by atoms with Crippen molar-refractivity contribution in [2.75, 3.05) is 6.61 Å². The van der Waals surface area contributed by atoms with Gasteiger partial charge in [-0.1, -0.05) is 17.7 Å². The van der Waals surface area contributed by atoms with Crippen LogP contribution in [-0.4, -0.2) is 16.8 Å². The lowest BCUT2D eigenvalue weighted by molar-refractivity contribution is 0.159. The monoisotopic (exact) mass is 232 g/mol. The number of aliphatic hydroxyl groups excluding tert-OH is 2. The van der Waals surface area contributed by atoms with E-state index in [0.29, 0.717) is 18.4 Å². The van der Waals surface area contributed by atoms with Crippen molar-refractivity contribution in [1.82, 2.24) is 0 Å². The van der Waals surface area contributed by atoms with Crippen molar-refractivity contribution in [2.45, 2.75) is 25.4 Å². The number of rotatable bonds is 5. The van der Waals surface area contributed by atoms with E-state index in [1.807, 2.05) is 0 Å². The first-order chi connectivity index (χ1) is 7.15. The van der Waals surface area contributed by atoms with Crippen molar-refractivity contribution >= 4 is 11.6 Å². The first kappa shape index (κ1) is 12.4. The van der Waals surface area contributed by atoms with Crippen LogP contribution in [0.25, 0.3) is 0 Å². The van der Waals surface area contributed by atoms with Crippen molar-refractivity contribution < 1.29 is 14.6 Å². The minimum atomic E-state index is -0.644. The Balaban J connectivity index is 2.57. The van der Waals surface area contributed by atoms with Crippen molar-refractivity contribution in [3.05, 3.63) is 34.6 Å². The molecule has 0 aromatic heterocycles. The predicted molar refractivity (Wildman–Crippen MR) is 57.3 cm³/mol. The Morgan fingerprint density at radius 2 is 2.07 bits per heavy atom.